The molecule has 0 aromatic heterocycles. The second-order valence-corrected chi connectivity index (χ2v) is 4.42. The number of esters is 2. The Labute approximate surface area is 119 Å². The first-order valence-corrected chi connectivity index (χ1v) is 6.77. The van der Waals surface area contributed by atoms with Crippen LogP contribution in [0.5, 0.6) is 0 Å². The van der Waals surface area contributed by atoms with Crippen molar-refractivity contribution in [3.63, 3.8) is 0 Å². The fourth-order valence-corrected chi connectivity index (χ4v) is 1.59. The van der Waals surface area contributed by atoms with Crippen molar-refractivity contribution in [1.29, 1.82) is 0 Å². The summed E-state index contributed by atoms with van der Waals surface area (Å²) in [7, 11) is 0. The van der Waals surface area contributed by atoms with Crippen molar-refractivity contribution in [3.8, 4) is 0 Å². The average Bonchev–Trinajstić information content (AvgIpc) is 2.73. The summed E-state index contributed by atoms with van der Waals surface area (Å²) in [5.41, 5.74) is 0. The molecule has 1 N–H and O–H groups in total. The van der Waals surface area contributed by atoms with Gasteiger partial charge in [-0.15, -0.1) is 0 Å². The Bertz CT molecular complexity index is 370. The maximum absolute atomic E-state index is 11.1. The fourth-order valence-electron chi connectivity index (χ4n) is 1.59. The Morgan fingerprint density at radius 3 is 2.50 bits per heavy atom. The van der Waals surface area contributed by atoms with E-state index in [1.54, 1.807) is 6.08 Å². The molecule has 5 nitrogen and oxygen atoms in total. The van der Waals surface area contributed by atoms with Gasteiger partial charge in [-0.2, -0.15) is 0 Å². The summed E-state index contributed by atoms with van der Waals surface area (Å²) in [6.07, 6.45) is 10.7. The van der Waals surface area contributed by atoms with E-state index >= 15 is 0 Å². The topological polar surface area (TPSA) is 80.7 Å². The zero-order chi connectivity index (χ0) is 15.4. The van der Waals surface area contributed by atoms with Crippen LogP contribution in [0.4, 0.5) is 0 Å². The van der Waals surface area contributed by atoms with E-state index in [0.717, 1.165) is 18.9 Å². The molecule has 0 aliphatic carbocycles. The van der Waals surface area contributed by atoms with E-state index in [1.165, 1.54) is 19.3 Å². The summed E-state index contributed by atoms with van der Waals surface area (Å²) in [4.78, 5) is 31.1. The van der Waals surface area contributed by atoms with Gasteiger partial charge < -0.3 is 9.84 Å². The van der Waals surface area contributed by atoms with Gasteiger partial charge in [0.15, 0.2) is 0 Å². The molecule has 1 unspecified atom stereocenters. The van der Waals surface area contributed by atoms with Crippen LogP contribution in [0.25, 0.3) is 0 Å². The molecular weight excluding hydrogens is 260 g/mol. The second-order valence-electron chi connectivity index (χ2n) is 4.42. The second kappa shape index (κ2) is 11.0. The quantitative estimate of drug-likeness (QED) is 0.255. The zero-order valence-electron chi connectivity index (χ0n) is 11.8. The Hall–Kier alpha value is -1.91. The van der Waals surface area contributed by atoms with E-state index in [1.807, 2.05) is 6.08 Å². The molecule has 1 heterocycles. The SMILES string of the molecule is C=CC(=O)O.CCCCCCC=CC1CC(=O)OC1=O. The Morgan fingerprint density at radius 2 is 2.05 bits per heavy atom. The van der Waals surface area contributed by atoms with Crippen LogP contribution in [-0.2, 0) is 19.1 Å². The third-order valence-electron chi connectivity index (χ3n) is 2.67. The molecule has 20 heavy (non-hydrogen) atoms. The zero-order valence-corrected chi connectivity index (χ0v) is 11.8. The van der Waals surface area contributed by atoms with Crippen molar-refractivity contribution in [2.24, 2.45) is 5.92 Å². The van der Waals surface area contributed by atoms with Gasteiger partial charge in [-0.3, -0.25) is 9.59 Å². The normalized spacial score (nSPS) is 17.6. The summed E-state index contributed by atoms with van der Waals surface area (Å²) in [5, 5.41) is 7.60. The molecule has 0 amide bonds. The van der Waals surface area contributed by atoms with E-state index in [2.05, 4.69) is 18.2 Å². The molecule has 5 heteroatoms. The first-order valence-electron chi connectivity index (χ1n) is 6.77. The molecule has 1 atom stereocenters. The lowest BCUT2D eigenvalue weighted by atomic mass is 10.1. The largest absolute Gasteiger partial charge is 0.478 e. The molecule has 0 saturated carbocycles. The Kier molecular flexibility index (Phi) is 9.92. The summed E-state index contributed by atoms with van der Waals surface area (Å²) >= 11 is 0. The van der Waals surface area contributed by atoms with Gasteiger partial charge in [0.1, 0.15) is 0 Å². The van der Waals surface area contributed by atoms with E-state index in [-0.39, 0.29) is 12.3 Å². The number of allylic oxidation sites excluding steroid dienone is 1. The van der Waals surface area contributed by atoms with E-state index in [9.17, 15) is 14.4 Å². The third-order valence-corrected chi connectivity index (χ3v) is 2.67. The number of carboxylic acids is 1. The van der Waals surface area contributed by atoms with E-state index < -0.39 is 17.9 Å². The van der Waals surface area contributed by atoms with Crippen molar-refractivity contribution >= 4 is 17.9 Å². The van der Waals surface area contributed by atoms with Gasteiger partial charge in [-0.25, -0.2) is 4.79 Å². The first-order chi connectivity index (χ1) is 9.51. The first kappa shape index (κ1) is 18.1. The minimum Gasteiger partial charge on any atom is -0.478 e. The van der Waals surface area contributed by atoms with Gasteiger partial charge in [-0.05, 0) is 12.8 Å². The summed E-state index contributed by atoms with van der Waals surface area (Å²) in [6, 6.07) is 0. The highest BCUT2D eigenvalue weighted by molar-refractivity contribution is 5.95. The van der Waals surface area contributed by atoms with Gasteiger partial charge in [0.05, 0.1) is 12.3 Å². The maximum Gasteiger partial charge on any atom is 0.327 e. The molecule has 0 aromatic rings. The van der Waals surface area contributed by atoms with Crippen molar-refractivity contribution in [1.82, 2.24) is 0 Å². The molecule has 1 fully saturated rings. The number of carbonyl (C=O) groups excluding carboxylic acids is 2. The number of cyclic esters (lactones) is 2. The van der Waals surface area contributed by atoms with Crippen LogP contribution in [0.3, 0.4) is 0 Å². The summed E-state index contributed by atoms with van der Waals surface area (Å²) in [6.45, 7) is 5.14. The smallest absolute Gasteiger partial charge is 0.327 e. The van der Waals surface area contributed by atoms with Crippen molar-refractivity contribution in [2.75, 3.05) is 0 Å². The van der Waals surface area contributed by atoms with Crippen molar-refractivity contribution in [2.45, 2.75) is 45.4 Å². The van der Waals surface area contributed by atoms with E-state index in [4.69, 9.17) is 5.11 Å². The number of hydrogen-bond donors (Lipinski definition) is 1. The lowest BCUT2D eigenvalue weighted by Gasteiger charge is -1.96. The van der Waals surface area contributed by atoms with Crippen LogP contribution >= 0.6 is 0 Å². The van der Waals surface area contributed by atoms with Gasteiger partial charge in [-0.1, -0.05) is 44.9 Å². The van der Waals surface area contributed by atoms with Gasteiger partial charge >= 0.3 is 17.9 Å². The molecule has 0 spiro atoms. The van der Waals surface area contributed by atoms with Gasteiger partial charge in [0.2, 0.25) is 0 Å². The number of rotatable bonds is 7. The van der Waals surface area contributed by atoms with Crippen LogP contribution in [0, 0.1) is 5.92 Å². The van der Waals surface area contributed by atoms with Crippen LogP contribution < -0.4 is 0 Å². The van der Waals surface area contributed by atoms with Gasteiger partial charge in [0.25, 0.3) is 0 Å². The number of carbonyl (C=O) groups is 3. The number of ether oxygens (including phenoxy) is 1. The lowest BCUT2D eigenvalue weighted by Crippen LogP contribution is -2.03. The maximum atomic E-state index is 11.1. The molecule has 1 aliphatic heterocycles. The Balaban J connectivity index is 0.000000621. The molecule has 1 rings (SSSR count). The van der Waals surface area contributed by atoms with Crippen LogP contribution in [-0.4, -0.2) is 23.0 Å². The van der Waals surface area contributed by atoms with Crippen LogP contribution in [0.2, 0.25) is 0 Å². The Morgan fingerprint density at radius 1 is 1.40 bits per heavy atom. The molecule has 1 saturated heterocycles. The summed E-state index contributed by atoms with van der Waals surface area (Å²) in [5.74, 6) is -2.11. The monoisotopic (exact) mass is 282 g/mol. The highest BCUT2D eigenvalue weighted by Gasteiger charge is 2.30. The number of hydrogen-bond acceptors (Lipinski definition) is 4. The fraction of sp³-hybridized carbons (Fsp3) is 0.533. The average molecular weight is 282 g/mol. The number of aliphatic carboxylic acids is 1. The molecule has 1 aliphatic rings. The molecule has 0 aromatic carbocycles. The van der Waals surface area contributed by atoms with Crippen LogP contribution in [0.1, 0.15) is 45.4 Å². The van der Waals surface area contributed by atoms with Crippen LogP contribution in [0.15, 0.2) is 24.8 Å². The predicted octanol–water partition coefficient (Wildman–Crippen LogP) is 2.86. The molecule has 0 radical (unpaired) electrons. The standard InChI is InChI=1S/C12H18O3.C3H4O2/c1-2-3-4-5-6-7-8-10-9-11(13)15-12(10)14;1-2-3(4)5/h7-8,10H,2-6,9H2,1H3;2H,1H2,(H,4,5). The van der Waals surface area contributed by atoms with Gasteiger partial charge in [0, 0.05) is 6.08 Å². The molecule has 112 valence electrons. The highest BCUT2D eigenvalue weighted by atomic mass is 16.6. The minimum absolute atomic E-state index is 0.213. The van der Waals surface area contributed by atoms with Crippen molar-refractivity contribution in [3.05, 3.63) is 24.8 Å². The summed E-state index contributed by atoms with van der Waals surface area (Å²) < 4.78 is 4.44. The highest BCUT2D eigenvalue weighted by Crippen LogP contribution is 2.17. The minimum atomic E-state index is -0.981. The number of unbranched alkanes of at least 4 members (excludes halogenated alkanes) is 4. The van der Waals surface area contributed by atoms with Crippen molar-refractivity contribution < 1.29 is 24.2 Å². The third kappa shape index (κ3) is 9.08. The molecule has 0 bridgehead atoms. The predicted molar refractivity (Wildman–Crippen MR) is 74.9 cm³/mol. The lowest BCUT2D eigenvalue weighted by molar-refractivity contribution is -0.152. The molecular formula is C15H22O5. The van der Waals surface area contributed by atoms with E-state index in [0.29, 0.717) is 0 Å². The number of carboxylic acid groups (broad SMARTS) is 1.